The predicted molar refractivity (Wildman–Crippen MR) is 201 cm³/mol. The Morgan fingerprint density at radius 3 is 2.66 bits per heavy atom. The molecule has 4 aliphatic heterocycles. The quantitative estimate of drug-likeness (QED) is 0.255. The third kappa shape index (κ3) is 8.74. The summed E-state index contributed by atoms with van der Waals surface area (Å²) >= 11 is 0. The number of carbonyl (C=O) groups is 1. The van der Waals surface area contributed by atoms with Crippen LogP contribution in [0, 0.1) is 5.82 Å². The van der Waals surface area contributed by atoms with Crippen LogP contribution in [-0.4, -0.2) is 137 Å². The summed E-state index contributed by atoms with van der Waals surface area (Å²) in [6.07, 6.45) is 10.3. The van der Waals surface area contributed by atoms with E-state index in [9.17, 15) is 9.18 Å². The Morgan fingerprint density at radius 2 is 1.85 bits per heavy atom. The van der Waals surface area contributed by atoms with E-state index in [4.69, 9.17) is 19.2 Å². The van der Waals surface area contributed by atoms with Gasteiger partial charge in [0, 0.05) is 94.6 Å². The van der Waals surface area contributed by atoms with Gasteiger partial charge in [-0.2, -0.15) is 0 Å². The zero-order chi connectivity index (χ0) is 36.9. The summed E-state index contributed by atoms with van der Waals surface area (Å²) in [7, 11) is 2.23. The van der Waals surface area contributed by atoms with Gasteiger partial charge in [-0.15, -0.1) is 0 Å². The Morgan fingerprint density at radius 1 is 1.02 bits per heavy atom. The molecule has 3 fully saturated rings. The molecule has 7 rings (SSSR count). The van der Waals surface area contributed by atoms with E-state index < -0.39 is 5.82 Å². The standard InChI is InChI=1S/C40H55FN8O4/c1-5-49(28(2)3)40(50)31-23-29(41)7-8-35(31)53-37-24-42-27-44-39(37)48-19-10-30(11-20-48)52-36-9-14-43-33-12-17-46(25-32(33)36)15-6-16-47-18-13-34-38(26-47)51-22-21-45(34)4/h7-9,14,23-24,27-28,30,34,38H,5-6,10-13,15-22,25-26H2,1-4H3/t34-,38-/m0/s1. The number of piperidine rings is 2. The second kappa shape index (κ2) is 17.0. The van der Waals surface area contributed by atoms with Crippen LogP contribution < -0.4 is 14.4 Å². The fourth-order valence-electron chi connectivity index (χ4n) is 8.40. The van der Waals surface area contributed by atoms with Gasteiger partial charge in [0.15, 0.2) is 11.6 Å². The van der Waals surface area contributed by atoms with Crippen molar-refractivity contribution < 1.29 is 23.4 Å². The molecule has 3 saturated heterocycles. The summed E-state index contributed by atoms with van der Waals surface area (Å²) in [5.74, 6) is 1.49. The van der Waals surface area contributed by atoms with Crippen molar-refractivity contribution in [2.24, 2.45) is 0 Å². The molecular formula is C40H55FN8O4. The molecule has 0 saturated carbocycles. The van der Waals surface area contributed by atoms with E-state index in [1.807, 2.05) is 33.0 Å². The highest BCUT2D eigenvalue weighted by Gasteiger charge is 2.35. The second-order valence-corrected chi connectivity index (χ2v) is 15.1. The molecule has 2 aromatic heterocycles. The molecule has 1 amide bonds. The summed E-state index contributed by atoms with van der Waals surface area (Å²) in [4.78, 5) is 38.4. The molecule has 3 aromatic rings. The van der Waals surface area contributed by atoms with Gasteiger partial charge in [0.1, 0.15) is 29.7 Å². The molecule has 286 valence electrons. The molecule has 0 N–H and O–H groups in total. The smallest absolute Gasteiger partial charge is 0.257 e. The number of pyridine rings is 1. The number of amides is 1. The van der Waals surface area contributed by atoms with Crippen LogP contribution in [0.25, 0.3) is 0 Å². The number of halogens is 1. The highest BCUT2D eigenvalue weighted by atomic mass is 19.1. The van der Waals surface area contributed by atoms with Crippen molar-refractivity contribution >= 4 is 11.7 Å². The average Bonchev–Trinajstić information content (AvgIpc) is 3.16. The maximum atomic E-state index is 14.4. The van der Waals surface area contributed by atoms with Crippen molar-refractivity contribution in [3.05, 3.63) is 65.6 Å². The average molecular weight is 731 g/mol. The van der Waals surface area contributed by atoms with Gasteiger partial charge in [0.2, 0.25) is 0 Å². The maximum Gasteiger partial charge on any atom is 0.257 e. The largest absolute Gasteiger partial charge is 0.490 e. The summed E-state index contributed by atoms with van der Waals surface area (Å²) < 4.78 is 33.5. The number of fused-ring (bicyclic) bond motifs is 2. The predicted octanol–water partition coefficient (Wildman–Crippen LogP) is 4.87. The zero-order valence-electron chi connectivity index (χ0n) is 31.8. The monoisotopic (exact) mass is 730 g/mol. The number of morpholine rings is 1. The first kappa shape index (κ1) is 37.4. The van der Waals surface area contributed by atoms with Crippen molar-refractivity contribution in [2.45, 2.75) is 83.7 Å². The summed E-state index contributed by atoms with van der Waals surface area (Å²) in [6.45, 7) is 15.8. The normalized spacial score (nSPS) is 21.7. The minimum absolute atomic E-state index is 0.0440. The number of rotatable bonds is 12. The lowest BCUT2D eigenvalue weighted by atomic mass is 9.98. The van der Waals surface area contributed by atoms with Crippen LogP contribution in [-0.2, 0) is 17.7 Å². The lowest BCUT2D eigenvalue weighted by Gasteiger charge is -2.45. The van der Waals surface area contributed by atoms with Gasteiger partial charge in [-0.05, 0) is 84.6 Å². The van der Waals surface area contributed by atoms with Crippen LogP contribution in [0.5, 0.6) is 17.2 Å². The van der Waals surface area contributed by atoms with Crippen molar-refractivity contribution in [3.63, 3.8) is 0 Å². The van der Waals surface area contributed by atoms with Crippen LogP contribution in [0.4, 0.5) is 10.2 Å². The van der Waals surface area contributed by atoms with Crippen LogP contribution in [0.15, 0.2) is 43.0 Å². The molecule has 53 heavy (non-hydrogen) atoms. The van der Waals surface area contributed by atoms with Gasteiger partial charge in [-0.3, -0.25) is 19.6 Å². The Bertz CT molecular complexity index is 1700. The molecule has 0 aliphatic carbocycles. The Balaban J connectivity index is 0.937. The SMILES string of the molecule is CCN(C(=O)c1cc(F)ccc1Oc1cncnc1N1CCC(Oc2ccnc3c2CN(CCCN2CC[C@H]4[C@H](C2)OCCN4C)CC3)CC1)C(C)C. The van der Waals surface area contributed by atoms with Gasteiger partial charge < -0.3 is 28.9 Å². The zero-order valence-corrected chi connectivity index (χ0v) is 31.8. The number of anilines is 1. The van der Waals surface area contributed by atoms with Crippen molar-refractivity contribution in [3.8, 4) is 17.2 Å². The number of carbonyl (C=O) groups excluding carboxylic acids is 1. The number of benzene rings is 1. The third-order valence-corrected chi connectivity index (χ3v) is 11.4. The molecule has 0 unspecified atom stereocenters. The topological polar surface area (TPSA) is 99.6 Å². The number of likely N-dealkylation sites (N-methyl/N-ethyl adjacent to an activating group) is 1. The first-order chi connectivity index (χ1) is 25.8. The van der Waals surface area contributed by atoms with E-state index >= 15 is 0 Å². The molecule has 2 atom stereocenters. The van der Waals surface area contributed by atoms with Gasteiger partial charge in [-0.1, -0.05) is 0 Å². The number of hydrogen-bond acceptors (Lipinski definition) is 11. The van der Waals surface area contributed by atoms with E-state index in [1.165, 1.54) is 36.5 Å². The summed E-state index contributed by atoms with van der Waals surface area (Å²) in [5, 5.41) is 0. The highest BCUT2D eigenvalue weighted by Crippen LogP contribution is 2.35. The molecule has 13 heteroatoms. The molecule has 0 bridgehead atoms. The van der Waals surface area contributed by atoms with E-state index in [-0.39, 0.29) is 29.4 Å². The number of hydrogen-bond donors (Lipinski definition) is 0. The maximum absolute atomic E-state index is 14.4. The third-order valence-electron chi connectivity index (χ3n) is 11.4. The number of ether oxygens (including phenoxy) is 3. The molecule has 1 aromatic carbocycles. The minimum Gasteiger partial charge on any atom is -0.490 e. The first-order valence-corrected chi connectivity index (χ1v) is 19.5. The van der Waals surface area contributed by atoms with Crippen LogP contribution in [0.3, 0.4) is 0 Å². The van der Waals surface area contributed by atoms with E-state index in [0.717, 1.165) is 89.5 Å². The van der Waals surface area contributed by atoms with E-state index in [1.54, 1.807) is 11.1 Å². The Hall–Kier alpha value is -3.91. The van der Waals surface area contributed by atoms with Gasteiger partial charge in [0.25, 0.3) is 5.91 Å². The van der Waals surface area contributed by atoms with Crippen molar-refractivity contribution in [1.29, 1.82) is 0 Å². The van der Waals surface area contributed by atoms with Crippen LogP contribution in [0.1, 0.15) is 68.1 Å². The Labute approximate surface area is 313 Å². The lowest BCUT2D eigenvalue weighted by Crippen LogP contribution is -2.58. The lowest BCUT2D eigenvalue weighted by molar-refractivity contribution is -0.0963. The van der Waals surface area contributed by atoms with Crippen molar-refractivity contribution in [2.75, 3.05) is 77.5 Å². The second-order valence-electron chi connectivity index (χ2n) is 15.1. The number of likely N-dealkylation sites (tertiary alicyclic amines) is 1. The Kier molecular flexibility index (Phi) is 12.0. The highest BCUT2D eigenvalue weighted by molar-refractivity contribution is 5.97. The fraction of sp³-hybridized carbons (Fsp3) is 0.600. The van der Waals surface area contributed by atoms with Gasteiger partial charge >= 0.3 is 0 Å². The molecule has 0 spiro atoms. The number of nitrogens with zero attached hydrogens (tertiary/aromatic N) is 8. The molecule has 4 aliphatic rings. The summed E-state index contributed by atoms with van der Waals surface area (Å²) in [6, 6.07) is 6.58. The molecule has 0 radical (unpaired) electrons. The van der Waals surface area contributed by atoms with Crippen molar-refractivity contribution in [1.82, 2.24) is 34.6 Å². The molecule has 6 heterocycles. The minimum atomic E-state index is -0.496. The van der Waals surface area contributed by atoms with E-state index in [0.29, 0.717) is 43.3 Å². The number of aromatic nitrogens is 3. The van der Waals surface area contributed by atoms with Crippen LogP contribution >= 0.6 is 0 Å². The van der Waals surface area contributed by atoms with Crippen LogP contribution in [0.2, 0.25) is 0 Å². The first-order valence-electron chi connectivity index (χ1n) is 19.5. The van der Waals surface area contributed by atoms with E-state index in [2.05, 4.69) is 36.6 Å². The molecule has 12 nitrogen and oxygen atoms in total. The molecular weight excluding hydrogens is 675 g/mol. The fourth-order valence-corrected chi connectivity index (χ4v) is 8.40. The summed E-state index contributed by atoms with van der Waals surface area (Å²) in [5.41, 5.74) is 2.54. The van der Waals surface area contributed by atoms with Gasteiger partial charge in [0.05, 0.1) is 24.5 Å². The van der Waals surface area contributed by atoms with Gasteiger partial charge in [-0.25, -0.2) is 14.4 Å².